The van der Waals surface area contributed by atoms with Gasteiger partial charge in [0.05, 0.1) is 12.0 Å². The first-order valence-corrected chi connectivity index (χ1v) is 15.6. The highest BCUT2D eigenvalue weighted by Gasteiger charge is 2.23. The molecule has 0 fully saturated rings. The van der Waals surface area contributed by atoms with Gasteiger partial charge in [0.25, 0.3) is 17.5 Å². The van der Waals surface area contributed by atoms with Gasteiger partial charge in [-0.05, 0) is 71.8 Å². The minimum absolute atomic E-state index is 0.0735. The van der Waals surface area contributed by atoms with E-state index in [9.17, 15) is 24.5 Å². The molecule has 1 atom stereocenters. The third kappa shape index (κ3) is 8.95. The largest absolute Gasteiger partial charge is 0.497 e. The van der Waals surface area contributed by atoms with E-state index in [2.05, 4.69) is 16.0 Å². The van der Waals surface area contributed by atoms with E-state index in [4.69, 9.17) is 4.74 Å². The van der Waals surface area contributed by atoms with Gasteiger partial charge < -0.3 is 20.7 Å². The van der Waals surface area contributed by atoms with Crippen molar-refractivity contribution in [2.75, 3.05) is 17.7 Å². The molecule has 0 spiro atoms. The molecule has 0 radical (unpaired) electrons. The summed E-state index contributed by atoms with van der Waals surface area (Å²) in [6, 6.07) is 37.5. The van der Waals surface area contributed by atoms with Crippen LogP contribution in [0.25, 0.3) is 6.08 Å². The van der Waals surface area contributed by atoms with Crippen molar-refractivity contribution in [3.63, 3.8) is 0 Å². The van der Waals surface area contributed by atoms with Crippen LogP contribution in [0.3, 0.4) is 0 Å². The van der Waals surface area contributed by atoms with Crippen LogP contribution >= 0.6 is 11.8 Å². The Labute approximate surface area is 281 Å². The van der Waals surface area contributed by atoms with Crippen LogP contribution in [0.15, 0.2) is 144 Å². The van der Waals surface area contributed by atoms with Crippen molar-refractivity contribution in [1.29, 1.82) is 0 Å². The van der Waals surface area contributed by atoms with Gasteiger partial charge in [-0.3, -0.25) is 24.5 Å². The van der Waals surface area contributed by atoms with Gasteiger partial charge in [-0.25, -0.2) is 0 Å². The highest BCUT2D eigenvalue weighted by molar-refractivity contribution is 8.00. The van der Waals surface area contributed by atoms with Crippen molar-refractivity contribution < 1.29 is 24.0 Å². The molecule has 10 nitrogen and oxygen atoms in total. The molecule has 3 N–H and O–H groups in total. The Balaban J connectivity index is 1.38. The van der Waals surface area contributed by atoms with Gasteiger partial charge in [0.15, 0.2) is 0 Å². The summed E-state index contributed by atoms with van der Waals surface area (Å²) < 4.78 is 5.29. The molecule has 0 saturated carbocycles. The first kappa shape index (κ1) is 33.2. The molecular formula is C37H30N4O6S. The molecule has 0 heterocycles. The molecule has 11 heteroatoms. The second-order valence-electron chi connectivity index (χ2n) is 10.3. The SMILES string of the molecule is COc1cccc(NC(=O)C(Sc2cccc(NC(=O)/C(=C\c3ccc([N+](=O)[O-])cc3)NC(=O)c3ccccc3)c2)c2ccccc2)c1. The van der Waals surface area contributed by atoms with Crippen molar-refractivity contribution in [1.82, 2.24) is 5.32 Å². The number of thioether (sulfide) groups is 1. The summed E-state index contributed by atoms with van der Waals surface area (Å²) in [5, 5.41) is 18.9. The quantitative estimate of drug-likeness (QED) is 0.0546. The maximum Gasteiger partial charge on any atom is 0.272 e. The van der Waals surface area contributed by atoms with Crippen molar-refractivity contribution in [2.24, 2.45) is 0 Å². The van der Waals surface area contributed by atoms with Crippen molar-refractivity contribution in [3.05, 3.63) is 166 Å². The normalized spacial score (nSPS) is 11.6. The maximum atomic E-state index is 13.6. The molecule has 5 aromatic rings. The Kier molecular flexibility index (Phi) is 11.0. The Morgan fingerprint density at radius 3 is 2.08 bits per heavy atom. The number of methoxy groups -OCH3 is 1. The molecule has 5 aromatic carbocycles. The number of non-ortho nitro benzene ring substituents is 1. The van der Waals surface area contributed by atoms with Crippen LogP contribution in [-0.4, -0.2) is 29.8 Å². The lowest BCUT2D eigenvalue weighted by Crippen LogP contribution is -2.30. The second-order valence-corrected chi connectivity index (χ2v) is 11.5. The molecule has 0 saturated heterocycles. The number of nitro benzene ring substituents is 1. The van der Waals surface area contributed by atoms with E-state index in [0.717, 1.165) is 5.56 Å². The molecule has 5 rings (SSSR count). The van der Waals surface area contributed by atoms with Gasteiger partial charge in [0, 0.05) is 40.0 Å². The lowest BCUT2D eigenvalue weighted by molar-refractivity contribution is -0.384. The summed E-state index contributed by atoms with van der Waals surface area (Å²) in [6.07, 6.45) is 1.44. The Bertz CT molecular complexity index is 1950. The zero-order valence-electron chi connectivity index (χ0n) is 25.7. The van der Waals surface area contributed by atoms with Crippen molar-refractivity contribution in [3.8, 4) is 5.75 Å². The maximum absolute atomic E-state index is 13.6. The van der Waals surface area contributed by atoms with E-state index in [0.29, 0.717) is 33.1 Å². The minimum atomic E-state index is -0.633. The summed E-state index contributed by atoms with van der Waals surface area (Å²) >= 11 is 1.31. The molecule has 0 aliphatic heterocycles. The minimum Gasteiger partial charge on any atom is -0.497 e. The number of carbonyl (C=O) groups is 3. The first-order chi connectivity index (χ1) is 23.3. The lowest BCUT2D eigenvalue weighted by Gasteiger charge is -2.18. The zero-order valence-corrected chi connectivity index (χ0v) is 26.5. The topological polar surface area (TPSA) is 140 Å². The predicted molar refractivity (Wildman–Crippen MR) is 187 cm³/mol. The summed E-state index contributed by atoms with van der Waals surface area (Å²) in [6.45, 7) is 0. The number of amides is 3. The van der Waals surface area contributed by atoms with Crippen LogP contribution in [0.5, 0.6) is 5.75 Å². The third-order valence-corrected chi connectivity index (χ3v) is 8.22. The van der Waals surface area contributed by atoms with Crippen molar-refractivity contribution >= 4 is 52.6 Å². The summed E-state index contributed by atoms with van der Waals surface area (Å²) in [5.74, 6) is -0.751. The van der Waals surface area contributed by atoms with Crippen LogP contribution < -0.4 is 20.7 Å². The molecule has 0 aromatic heterocycles. The number of hydrogen-bond acceptors (Lipinski definition) is 7. The number of ether oxygens (including phenoxy) is 1. The van der Waals surface area contributed by atoms with E-state index in [1.165, 1.54) is 42.1 Å². The Morgan fingerprint density at radius 2 is 1.42 bits per heavy atom. The van der Waals surface area contributed by atoms with Crippen molar-refractivity contribution in [2.45, 2.75) is 10.1 Å². The number of nitro groups is 1. The van der Waals surface area contributed by atoms with E-state index in [1.807, 2.05) is 36.4 Å². The van der Waals surface area contributed by atoms with E-state index in [-0.39, 0.29) is 17.3 Å². The monoisotopic (exact) mass is 658 g/mol. The smallest absolute Gasteiger partial charge is 0.272 e. The highest BCUT2D eigenvalue weighted by Crippen LogP contribution is 2.37. The highest BCUT2D eigenvalue weighted by atomic mass is 32.2. The third-order valence-electron chi connectivity index (χ3n) is 6.97. The van der Waals surface area contributed by atoms with Gasteiger partial charge >= 0.3 is 0 Å². The number of carbonyl (C=O) groups excluding carboxylic acids is 3. The molecule has 240 valence electrons. The number of rotatable bonds is 12. The van der Waals surface area contributed by atoms with Crippen LogP contribution in [0.4, 0.5) is 17.1 Å². The average molecular weight is 659 g/mol. The van der Waals surface area contributed by atoms with Gasteiger partial charge in [-0.15, -0.1) is 11.8 Å². The first-order valence-electron chi connectivity index (χ1n) is 14.7. The summed E-state index contributed by atoms with van der Waals surface area (Å²) in [7, 11) is 1.56. The van der Waals surface area contributed by atoms with Crippen LogP contribution in [-0.2, 0) is 9.59 Å². The summed E-state index contributed by atoms with van der Waals surface area (Å²) in [4.78, 5) is 51.5. The van der Waals surface area contributed by atoms with Crippen LogP contribution in [0, 0.1) is 10.1 Å². The van der Waals surface area contributed by atoms with Crippen LogP contribution in [0.1, 0.15) is 26.7 Å². The molecule has 48 heavy (non-hydrogen) atoms. The Hall–Kier alpha value is -6.20. The molecular weight excluding hydrogens is 628 g/mol. The fourth-order valence-corrected chi connectivity index (χ4v) is 5.68. The van der Waals surface area contributed by atoms with Gasteiger partial charge in [-0.1, -0.05) is 60.7 Å². The molecule has 0 aliphatic carbocycles. The number of benzene rings is 5. The van der Waals surface area contributed by atoms with Gasteiger partial charge in [0.1, 0.15) is 16.7 Å². The van der Waals surface area contributed by atoms with E-state index < -0.39 is 22.0 Å². The average Bonchev–Trinajstić information content (AvgIpc) is 3.11. The molecule has 3 amide bonds. The molecule has 0 aliphatic rings. The van der Waals surface area contributed by atoms with Gasteiger partial charge in [-0.2, -0.15) is 0 Å². The fraction of sp³-hybridized carbons (Fsp3) is 0.0541. The van der Waals surface area contributed by atoms with E-state index >= 15 is 0 Å². The molecule has 0 bridgehead atoms. The zero-order chi connectivity index (χ0) is 33.9. The number of nitrogens with one attached hydrogen (secondary N) is 3. The standard InChI is InChI=1S/C37H30N4O6S/c1-47-31-16-8-14-28(23-31)39-37(44)34(26-10-4-2-5-11-26)48-32-17-9-15-29(24-32)38-36(43)33(40-35(42)27-12-6-3-7-13-27)22-25-18-20-30(21-19-25)41(45)46/h2-24,34H,1H3,(H,38,43)(H,39,44)(H,40,42)/b33-22+. The van der Waals surface area contributed by atoms with E-state index in [1.54, 1.807) is 79.9 Å². The number of nitrogens with zero attached hydrogens (tertiary/aromatic N) is 1. The second kappa shape index (κ2) is 15.9. The summed E-state index contributed by atoms with van der Waals surface area (Å²) in [5.41, 5.74) is 2.44. The lowest BCUT2D eigenvalue weighted by atomic mass is 10.1. The molecule has 1 unspecified atom stereocenters. The number of hydrogen-bond donors (Lipinski definition) is 3. The van der Waals surface area contributed by atoms with Gasteiger partial charge in [0.2, 0.25) is 5.91 Å². The predicted octanol–water partition coefficient (Wildman–Crippen LogP) is 7.49. The fourth-order valence-electron chi connectivity index (χ4n) is 4.59. The van der Waals surface area contributed by atoms with Crippen LogP contribution in [0.2, 0.25) is 0 Å². The number of anilines is 2. The Morgan fingerprint density at radius 1 is 0.771 bits per heavy atom.